The molecule has 1 fully saturated rings. The van der Waals surface area contributed by atoms with Gasteiger partial charge in [0.15, 0.2) is 17.3 Å². The summed E-state index contributed by atoms with van der Waals surface area (Å²) in [7, 11) is 2.16. The normalized spacial score (nSPS) is 17.4. The number of hydrogen-bond acceptors (Lipinski definition) is 5. The number of anilines is 1. The van der Waals surface area contributed by atoms with Crippen molar-refractivity contribution in [3.63, 3.8) is 0 Å². The summed E-state index contributed by atoms with van der Waals surface area (Å²) in [5.74, 6) is -0.693. The van der Waals surface area contributed by atoms with Crippen LogP contribution in [-0.4, -0.2) is 47.0 Å². The van der Waals surface area contributed by atoms with E-state index in [1.807, 2.05) is 18.2 Å². The molecule has 0 bridgehead atoms. The first-order chi connectivity index (χ1) is 16.3. The molecule has 1 aliphatic carbocycles. The first kappa shape index (κ1) is 30.1. The van der Waals surface area contributed by atoms with Crippen molar-refractivity contribution in [1.29, 1.82) is 0 Å². The van der Waals surface area contributed by atoms with Crippen LogP contribution in [0, 0.1) is 11.7 Å². The van der Waals surface area contributed by atoms with Crippen LogP contribution in [0.4, 0.5) is 10.1 Å². The van der Waals surface area contributed by atoms with E-state index in [9.17, 15) is 14.3 Å². The molecule has 0 aliphatic heterocycles. The van der Waals surface area contributed by atoms with Crippen molar-refractivity contribution in [2.75, 3.05) is 25.5 Å². The van der Waals surface area contributed by atoms with Gasteiger partial charge in [0.25, 0.3) is 0 Å². The summed E-state index contributed by atoms with van der Waals surface area (Å²) in [5.41, 5.74) is 3.35. The van der Waals surface area contributed by atoms with Crippen molar-refractivity contribution in [3.05, 3.63) is 52.9 Å². The molecular formula is C27H33Cl3FN3O2. The van der Waals surface area contributed by atoms with Gasteiger partial charge in [-0.3, -0.25) is 9.78 Å². The molecule has 1 saturated carbocycles. The molecule has 3 aromatic rings. The summed E-state index contributed by atoms with van der Waals surface area (Å²) in [4.78, 5) is 19.3. The highest BCUT2D eigenvalue weighted by molar-refractivity contribution is 6.32. The van der Waals surface area contributed by atoms with E-state index in [0.29, 0.717) is 17.0 Å². The lowest BCUT2D eigenvalue weighted by Crippen LogP contribution is -2.32. The number of phenolic OH excluding ortho intramolecular Hbond substituents is 1. The molecule has 2 N–H and O–H groups in total. The Morgan fingerprint density at radius 3 is 2.47 bits per heavy atom. The third kappa shape index (κ3) is 6.60. The molecule has 1 aromatic heterocycles. The molecule has 0 saturated heterocycles. The number of rotatable bonds is 7. The molecule has 1 aliphatic rings. The number of benzene rings is 2. The molecule has 0 amide bonds. The van der Waals surface area contributed by atoms with Crippen molar-refractivity contribution < 1.29 is 14.3 Å². The SMILES string of the molecule is CCN(C)C[C@H]1CC[C@H](Nc2c(C(C)=O)cnc3ccc(-c4cc(F)c(O)c(Cl)c4)cc23)CC1.Cl.Cl. The maximum atomic E-state index is 14.1. The van der Waals surface area contributed by atoms with Crippen LogP contribution >= 0.6 is 36.4 Å². The molecule has 5 nitrogen and oxygen atoms in total. The van der Waals surface area contributed by atoms with Gasteiger partial charge >= 0.3 is 0 Å². The highest BCUT2D eigenvalue weighted by Gasteiger charge is 2.24. The van der Waals surface area contributed by atoms with Crippen LogP contribution in [0.1, 0.15) is 49.9 Å². The molecular weight excluding hydrogens is 524 g/mol. The van der Waals surface area contributed by atoms with Gasteiger partial charge in [-0.2, -0.15) is 0 Å². The molecule has 9 heteroatoms. The lowest BCUT2D eigenvalue weighted by Gasteiger charge is -2.32. The zero-order valence-corrected chi connectivity index (χ0v) is 23.1. The van der Waals surface area contributed by atoms with Gasteiger partial charge < -0.3 is 15.3 Å². The molecule has 0 radical (unpaired) electrons. The number of carbonyl (C=O) groups excluding carboxylic acids is 1. The number of aromatic hydroxyl groups is 1. The molecule has 36 heavy (non-hydrogen) atoms. The van der Waals surface area contributed by atoms with Crippen molar-refractivity contribution in [2.45, 2.75) is 45.6 Å². The van der Waals surface area contributed by atoms with Crippen LogP contribution in [0.5, 0.6) is 5.75 Å². The summed E-state index contributed by atoms with van der Waals surface area (Å²) in [6.45, 7) is 5.90. The average Bonchev–Trinajstić information content (AvgIpc) is 2.83. The highest BCUT2D eigenvalue weighted by atomic mass is 35.5. The Morgan fingerprint density at radius 2 is 1.86 bits per heavy atom. The standard InChI is InChI=1S/C27H31ClFN3O2.2ClH/c1-4-32(3)15-17-5-8-20(9-6-17)31-26-21-11-18(19-12-23(28)27(34)24(29)13-19)7-10-25(21)30-14-22(26)16(2)33;;/h7,10-14,17,20,34H,4-6,8-9,15H2,1-3H3,(H,30,31);2*1H/t17-,20-;;. The van der Waals surface area contributed by atoms with E-state index < -0.39 is 11.6 Å². The number of nitrogens with one attached hydrogen (secondary N) is 1. The Morgan fingerprint density at radius 1 is 1.17 bits per heavy atom. The van der Waals surface area contributed by atoms with Gasteiger partial charge in [-0.1, -0.05) is 24.6 Å². The predicted octanol–water partition coefficient (Wildman–Crippen LogP) is 7.37. The Hall–Kier alpha value is -2.12. The van der Waals surface area contributed by atoms with Gasteiger partial charge in [-0.05, 0) is 87.5 Å². The number of phenols is 1. The van der Waals surface area contributed by atoms with Crippen molar-refractivity contribution >= 4 is 58.8 Å². The van der Waals surface area contributed by atoms with Crippen molar-refractivity contribution in [1.82, 2.24) is 9.88 Å². The number of Topliss-reactive ketones (excluding diaryl/α,β-unsaturated/α-hetero) is 1. The summed E-state index contributed by atoms with van der Waals surface area (Å²) < 4.78 is 14.1. The molecule has 1 heterocycles. The van der Waals surface area contributed by atoms with E-state index in [1.54, 1.807) is 13.1 Å². The summed E-state index contributed by atoms with van der Waals surface area (Å²) >= 11 is 6.00. The number of hydrogen-bond donors (Lipinski definition) is 2. The molecule has 2 aromatic carbocycles. The number of halogens is 4. The lowest BCUT2D eigenvalue weighted by molar-refractivity contribution is 0.101. The Labute approximate surface area is 229 Å². The number of pyridine rings is 1. The quantitative estimate of drug-likeness (QED) is 0.298. The topological polar surface area (TPSA) is 65.5 Å². The van der Waals surface area contributed by atoms with Crippen LogP contribution in [-0.2, 0) is 0 Å². The first-order valence-electron chi connectivity index (χ1n) is 11.8. The fourth-order valence-corrected chi connectivity index (χ4v) is 5.00. The van der Waals surface area contributed by atoms with Gasteiger partial charge in [0, 0.05) is 24.2 Å². The second-order valence-electron chi connectivity index (χ2n) is 9.34. The Kier molecular flexibility index (Phi) is 10.8. The maximum absolute atomic E-state index is 14.1. The zero-order chi connectivity index (χ0) is 24.4. The van der Waals surface area contributed by atoms with E-state index in [4.69, 9.17) is 11.6 Å². The number of aromatic nitrogens is 1. The van der Waals surface area contributed by atoms with Crippen molar-refractivity contribution in [2.24, 2.45) is 5.92 Å². The van der Waals surface area contributed by atoms with Crippen LogP contribution in [0.3, 0.4) is 0 Å². The smallest absolute Gasteiger partial charge is 0.170 e. The van der Waals surface area contributed by atoms with E-state index >= 15 is 0 Å². The van der Waals surface area contributed by atoms with Gasteiger partial charge in [0.05, 0.1) is 21.8 Å². The number of carbonyl (C=O) groups is 1. The van der Waals surface area contributed by atoms with E-state index in [0.717, 1.165) is 60.9 Å². The monoisotopic (exact) mass is 555 g/mol. The fraction of sp³-hybridized carbons (Fsp3) is 0.407. The molecule has 196 valence electrons. The van der Waals surface area contributed by atoms with E-state index in [1.165, 1.54) is 12.1 Å². The predicted molar refractivity (Wildman–Crippen MR) is 151 cm³/mol. The number of ketones is 1. The van der Waals surface area contributed by atoms with Crippen LogP contribution in [0.15, 0.2) is 36.5 Å². The minimum atomic E-state index is -0.776. The second kappa shape index (κ2) is 12.9. The van der Waals surface area contributed by atoms with E-state index in [-0.39, 0.29) is 41.7 Å². The number of fused-ring (bicyclic) bond motifs is 1. The largest absolute Gasteiger partial charge is 0.504 e. The van der Waals surface area contributed by atoms with Crippen LogP contribution in [0.25, 0.3) is 22.0 Å². The lowest BCUT2D eigenvalue weighted by atomic mass is 9.85. The minimum absolute atomic E-state index is 0. The van der Waals surface area contributed by atoms with Gasteiger partial charge in [-0.25, -0.2) is 4.39 Å². The van der Waals surface area contributed by atoms with Gasteiger partial charge in [-0.15, -0.1) is 24.8 Å². The molecule has 0 atom stereocenters. The van der Waals surface area contributed by atoms with Crippen molar-refractivity contribution in [3.8, 4) is 16.9 Å². The summed E-state index contributed by atoms with van der Waals surface area (Å²) in [6.07, 6.45) is 6.02. The third-order valence-corrected chi connectivity index (χ3v) is 7.19. The van der Waals surface area contributed by atoms with Crippen LogP contribution < -0.4 is 5.32 Å². The second-order valence-corrected chi connectivity index (χ2v) is 9.75. The highest BCUT2D eigenvalue weighted by Crippen LogP contribution is 2.36. The first-order valence-corrected chi connectivity index (χ1v) is 12.2. The Balaban J connectivity index is 0.00000228. The maximum Gasteiger partial charge on any atom is 0.170 e. The van der Waals surface area contributed by atoms with Gasteiger partial charge in [0.2, 0.25) is 0 Å². The van der Waals surface area contributed by atoms with Crippen LogP contribution in [0.2, 0.25) is 5.02 Å². The summed E-state index contributed by atoms with van der Waals surface area (Å²) in [6, 6.07) is 8.66. The average molecular weight is 557 g/mol. The van der Waals surface area contributed by atoms with E-state index in [2.05, 4.69) is 29.2 Å². The molecule has 4 rings (SSSR count). The number of nitrogens with zero attached hydrogens (tertiary/aromatic N) is 2. The molecule has 0 spiro atoms. The minimum Gasteiger partial charge on any atom is -0.504 e. The third-order valence-electron chi connectivity index (χ3n) is 6.90. The van der Waals surface area contributed by atoms with Gasteiger partial charge in [0.1, 0.15) is 0 Å². The summed E-state index contributed by atoms with van der Waals surface area (Å²) in [5, 5.41) is 14.1. The fourth-order valence-electron chi connectivity index (χ4n) is 4.79. The zero-order valence-electron chi connectivity index (χ0n) is 20.7. The Bertz CT molecular complexity index is 1190. The molecule has 0 unspecified atom stereocenters.